The number of carbonyl (C=O) groups excluding carboxylic acids is 1. The van der Waals surface area contributed by atoms with Crippen molar-refractivity contribution in [1.82, 2.24) is 3.93 Å². The smallest absolute Gasteiger partial charge is 0.282 e. The number of nitrogens with zero attached hydrogens (tertiary/aromatic N) is 2. The molecule has 0 bridgehead atoms. The van der Waals surface area contributed by atoms with Gasteiger partial charge in [-0.05, 0) is 5.56 Å². The van der Waals surface area contributed by atoms with Crippen molar-refractivity contribution in [1.29, 1.82) is 0 Å². The maximum absolute atomic E-state index is 11.5. The Morgan fingerprint density at radius 3 is 2.60 bits per heavy atom. The Kier molecular flexibility index (Phi) is 2.73. The zero-order valence-electron chi connectivity index (χ0n) is 7.80. The summed E-state index contributed by atoms with van der Waals surface area (Å²) in [6.45, 7) is 0. The van der Waals surface area contributed by atoms with Gasteiger partial charge in [0.1, 0.15) is 5.71 Å². The number of halogens is 1. The second kappa shape index (κ2) is 4.02. The van der Waals surface area contributed by atoms with Crippen LogP contribution in [0.5, 0.6) is 0 Å². The lowest BCUT2D eigenvalue weighted by molar-refractivity contribution is -0.118. The molecule has 5 heteroatoms. The molecule has 1 atom stereocenters. The molecular formula is C10H9BrN2O2. The predicted molar refractivity (Wildman–Crippen MR) is 58.8 cm³/mol. The van der Waals surface area contributed by atoms with E-state index in [-0.39, 0.29) is 17.7 Å². The van der Waals surface area contributed by atoms with Gasteiger partial charge < -0.3 is 5.21 Å². The third-order valence-electron chi connectivity index (χ3n) is 2.41. The van der Waals surface area contributed by atoms with Gasteiger partial charge in [-0.25, -0.2) is 0 Å². The van der Waals surface area contributed by atoms with E-state index in [1.807, 2.05) is 30.3 Å². The number of hydrogen-bond donors (Lipinski definition) is 1. The van der Waals surface area contributed by atoms with Crippen LogP contribution in [0.4, 0.5) is 0 Å². The first-order valence-corrected chi connectivity index (χ1v) is 5.20. The van der Waals surface area contributed by atoms with Crippen molar-refractivity contribution in [3.05, 3.63) is 35.9 Å². The molecule has 1 N–H and O–H groups in total. The van der Waals surface area contributed by atoms with Crippen molar-refractivity contribution in [2.24, 2.45) is 5.16 Å². The molecule has 2 rings (SSSR count). The van der Waals surface area contributed by atoms with E-state index in [2.05, 4.69) is 21.3 Å². The molecule has 0 aromatic heterocycles. The molecule has 1 aliphatic heterocycles. The third kappa shape index (κ3) is 1.74. The predicted octanol–water partition coefficient (Wildman–Crippen LogP) is 2.10. The van der Waals surface area contributed by atoms with E-state index in [0.717, 1.165) is 5.56 Å². The number of rotatable bonds is 1. The lowest BCUT2D eigenvalue weighted by Gasteiger charge is -2.16. The Morgan fingerprint density at radius 2 is 2.07 bits per heavy atom. The van der Waals surface area contributed by atoms with Crippen molar-refractivity contribution in [2.75, 3.05) is 0 Å². The van der Waals surface area contributed by atoms with Crippen molar-refractivity contribution < 1.29 is 10.0 Å². The van der Waals surface area contributed by atoms with Crippen LogP contribution in [0.2, 0.25) is 0 Å². The Morgan fingerprint density at radius 1 is 1.40 bits per heavy atom. The van der Waals surface area contributed by atoms with Crippen LogP contribution < -0.4 is 0 Å². The zero-order valence-corrected chi connectivity index (χ0v) is 9.39. The van der Waals surface area contributed by atoms with Gasteiger partial charge in [0, 0.05) is 6.42 Å². The Balaban J connectivity index is 2.30. The van der Waals surface area contributed by atoms with Crippen LogP contribution in [0.3, 0.4) is 0 Å². The first-order valence-electron chi connectivity index (χ1n) is 4.49. The molecule has 1 aromatic carbocycles. The van der Waals surface area contributed by atoms with Gasteiger partial charge in [0.15, 0.2) is 0 Å². The van der Waals surface area contributed by atoms with Crippen LogP contribution >= 0.6 is 16.1 Å². The molecule has 0 radical (unpaired) electrons. The van der Waals surface area contributed by atoms with Crippen molar-refractivity contribution >= 4 is 27.8 Å². The van der Waals surface area contributed by atoms with Gasteiger partial charge in [0.05, 0.1) is 22.2 Å². The molecule has 1 aliphatic rings. The zero-order chi connectivity index (χ0) is 10.8. The molecule has 1 saturated heterocycles. The fraction of sp³-hybridized carbons (Fsp3) is 0.200. The van der Waals surface area contributed by atoms with E-state index < -0.39 is 0 Å². The molecule has 0 aliphatic carbocycles. The number of hydrogen-bond acceptors (Lipinski definition) is 3. The minimum absolute atomic E-state index is 0.0930. The van der Waals surface area contributed by atoms with Crippen LogP contribution in [0.1, 0.15) is 18.0 Å². The van der Waals surface area contributed by atoms with E-state index in [0.29, 0.717) is 6.42 Å². The average Bonchev–Trinajstić information content (AvgIpc) is 2.57. The summed E-state index contributed by atoms with van der Waals surface area (Å²) >= 11 is 3.18. The summed E-state index contributed by atoms with van der Waals surface area (Å²) in [5.74, 6) is -0.286. The monoisotopic (exact) mass is 268 g/mol. The number of amides is 1. The van der Waals surface area contributed by atoms with Gasteiger partial charge in [-0.3, -0.25) is 8.72 Å². The Bertz CT molecular complexity index is 405. The van der Waals surface area contributed by atoms with Gasteiger partial charge in [0.25, 0.3) is 5.91 Å². The average molecular weight is 269 g/mol. The lowest BCUT2D eigenvalue weighted by atomic mass is 10.1. The highest BCUT2D eigenvalue weighted by molar-refractivity contribution is 9.07. The molecule has 1 heterocycles. The number of benzene rings is 1. The normalized spacial score (nSPS) is 23.8. The largest absolute Gasteiger partial charge is 0.410 e. The minimum Gasteiger partial charge on any atom is -0.410 e. The summed E-state index contributed by atoms with van der Waals surface area (Å²) in [5, 5.41) is 11.6. The molecule has 1 amide bonds. The molecule has 78 valence electrons. The lowest BCUT2D eigenvalue weighted by Crippen LogP contribution is -2.19. The van der Waals surface area contributed by atoms with Crippen LogP contribution in [0, 0.1) is 0 Å². The summed E-state index contributed by atoms with van der Waals surface area (Å²) in [5.41, 5.74) is 1.20. The minimum atomic E-state index is -0.286. The Labute approximate surface area is 95.5 Å². The van der Waals surface area contributed by atoms with Gasteiger partial charge >= 0.3 is 0 Å². The first kappa shape index (κ1) is 10.2. The van der Waals surface area contributed by atoms with E-state index in [1.165, 1.54) is 3.93 Å². The van der Waals surface area contributed by atoms with Crippen LogP contribution in [0.25, 0.3) is 0 Å². The number of carbonyl (C=O) groups is 1. The molecule has 4 nitrogen and oxygen atoms in total. The number of oxime groups is 1. The molecule has 1 fully saturated rings. The fourth-order valence-corrected chi connectivity index (χ4v) is 2.21. The van der Waals surface area contributed by atoms with E-state index in [9.17, 15) is 4.79 Å². The summed E-state index contributed by atoms with van der Waals surface area (Å²) in [7, 11) is 0. The Hall–Kier alpha value is -1.36. The van der Waals surface area contributed by atoms with Gasteiger partial charge in [-0.15, -0.1) is 0 Å². The van der Waals surface area contributed by atoms with Gasteiger partial charge in [0.2, 0.25) is 0 Å². The maximum atomic E-state index is 11.5. The van der Waals surface area contributed by atoms with Gasteiger partial charge in [-0.2, -0.15) is 0 Å². The van der Waals surface area contributed by atoms with Crippen molar-refractivity contribution in [3.8, 4) is 0 Å². The molecule has 0 unspecified atom stereocenters. The summed E-state index contributed by atoms with van der Waals surface area (Å²) in [6, 6.07) is 9.52. The van der Waals surface area contributed by atoms with E-state index >= 15 is 0 Å². The SMILES string of the molecule is O=C1/C(=N/O)C[C@@H](c2ccccc2)N1Br. The van der Waals surface area contributed by atoms with Crippen LogP contribution in [-0.4, -0.2) is 20.8 Å². The first-order chi connectivity index (χ1) is 7.24. The van der Waals surface area contributed by atoms with E-state index in [4.69, 9.17) is 5.21 Å². The van der Waals surface area contributed by atoms with E-state index in [1.54, 1.807) is 0 Å². The summed E-state index contributed by atoms with van der Waals surface area (Å²) < 4.78 is 1.41. The quantitative estimate of drug-likeness (QED) is 0.482. The topological polar surface area (TPSA) is 52.9 Å². The molecule has 0 saturated carbocycles. The highest BCUT2D eigenvalue weighted by Gasteiger charge is 2.36. The summed E-state index contributed by atoms with van der Waals surface area (Å²) in [4.78, 5) is 11.5. The van der Waals surface area contributed by atoms with Crippen LogP contribution in [-0.2, 0) is 4.79 Å². The highest BCUT2D eigenvalue weighted by Crippen LogP contribution is 2.33. The molecule has 15 heavy (non-hydrogen) atoms. The van der Waals surface area contributed by atoms with Crippen molar-refractivity contribution in [2.45, 2.75) is 12.5 Å². The van der Waals surface area contributed by atoms with Crippen LogP contribution in [0.15, 0.2) is 35.5 Å². The van der Waals surface area contributed by atoms with Crippen molar-refractivity contribution in [3.63, 3.8) is 0 Å². The molecular weight excluding hydrogens is 260 g/mol. The molecule has 0 spiro atoms. The van der Waals surface area contributed by atoms with Gasteiger partial charge in [-0.1, -0.05) is 35.5 Å². The summed E-state index contributed by atoms with van der Waals surface area (Å²) in [6.07, 6.45) is 0.421. The second-order valence-corrected chi connectivity index (χ2v) is 4.06. The third-order valence-corrected chi connectivity index (χ3v) is 3.22. The highest BCUT2D eigenvalue weighted by atomic mass is 79.9. The standard InChI is InChI=1S/C10H9BrN2O2/c11-13-9(6-8(12-15)10(13)14)7-4-2-1-3-5-7/h1-5,9,15H,6H2/b12-8+/t9-/m0/s1. The molecule has 1 aromatic rings. The fourth-order valence-electron chi connectivity index (χ4n) is 1.62. The second-order valence-electron chi connectivity index (χ2n) is 3.29. The maximum Gasteiger partial charge on any atom is 0.282 e.